The molecule has 1 atom stereocenters. The lowest BCUT2D eigenvalue weighted by molar-refractivity contribution is -0.116. The van der Waals surface area contributed by atoms with Gasteiger partial charge in [-0.05, 0) is 32.9 Å². The second-order valence-corrected chi connectivity index (χ2v) is 6.88. The molecule has 114 valence electrons. The fourth-order valence-corrected chi connectivity index (χ4v) is 3.11. The van der Waals surface area contributed by atoms with Gasteiger partial charge < -0.3 is 16.0 Å². The highest BCUT2D eigenvalue weighted by Gasteiger charge is 2.29. The Morgan fingerprint density at radius 3 is 2.48 bits per heavy atom. The average molecular weight is 288 g/mol. The van der Waals surface area contributed by atoms with Crippen LogP contribution in [0.15, 0.2) is 18.2 Å². The fraction of sp³-hybridized carbons (Fsp3) is 0.562. The highest BCUT2D eigenvalue weighted by Crippen LogP contribution is 2.33. The van der Waals surface area contributed by atoms with Crippen molar-refractivity contribution in [2.24, 2.45) is 5.73 Å². The number of nitrogens with one attached hydrogen (secondary N) is 1. The molecular formula is C16H24N4O. The zero-order valence-electron chi connectivity index (χ0n) is 13.0. The number of carbonyl (C=O) groups excluding carboxylic acids is 1. The predicted octanol–water partition coefficient (Wildman–Crippen LogP) is 1.56. The highest BCUT2D eigenvalue weighted by atomic mass is 16.2. The van der Waals surface area contributed by atoms with Crippen LogP contribution in [0.4, 0.5) is 11.4 Å². The standard InChI is InChI=1S/C16H24N4O/c1-16(2,3)20-8-6-19(7-9-20)11-4-5-12-13(10-11)18-15(21)14(12)17/h4-5,10,14H,6-9,17H2,1-3H3,(H,18,21). The van der Waals surface area contributed by atoms with E-state index in [9.17, 15) is 4.79 Å². The molecule has 2 heterocycles. The van der Waals surface area contributed by atoms with E-state index in [-0.39, 0.29) is 11.4 Å². The molecule has 3 rings (SSSR count). The first-order chi connectivity index (χ1) is 9.86. The Balaban J connectivity index is 1.73. The minimum absolute atomic E-state index is 0.111. The van der Waals surface area contributed by atoms with Crippen molar-refractivity contribution in [1.82, 2.24) is 4.90 Å². The van der Waals surface area contributed by atoms with E-state index in [0.29, 0.717) is 0 Å². The van der Waals surface area contributed by atoms with Gasteiger partial charge in [0.1, 0.15) is 6.04 Å². The third-order valence-electron chi connectivity index (χ3n) is 4.51. The van der Waals surface area contributed by atoms with Gasteiger partial charge in [0.05, 0.1) is 0 Å². The smallest absolute Gasteiger partial charge is 0.245 e. The first-order valence-electron chi connectivity index (χ1n) is 7.56. The molecule has 0 radical (unpaired) electrons. The van der Waals surface area contributed by atoms with Crippen LogP contribution in [0.5, 0.6) is 0 Å². The van der Waals surface area contributed by atoms with E-state index in [1.807, 2.05) is 12.1 Å². The molecule has 0 aromatic heterocycles. The summed E-state index contributed by atoms with van der Waals surface area (Å²) in [5.74, 6) is -0.111. The largest absolute Gasteiger partial charge is 0.369 e. The summed E-state index contributed by atoms with van der Waals surface area (Å²) < 4.78 is 0. The van der Waals surface area contributed by atoms with Crippen LogP contribution < -0.4 is 16.0 Å². The van der Waals surface area contributed by atoms with Gasteiger partial charge >= 0.3 is 0 Å². The summed E-state index contributed by atoms with van der Waals surface area (Å²) in [6.07, 6.45) is 0. The molecule has 1 fully saturated rings. The van der Waals surface area contributed by atoms with Crippen LogP contribution in [0.2, 0.25) is 0 Å². The molecular weight excluding hydrogens is 264 g/mol. The van der Waals surface area contributed by atoms with Crippen LogP contribution in [0.25, 0.3) is 0 Å². The molecule has 2 aliphatic heterocycles. The number of amides is 1. The Morgan fingerprint density at radius 2 is 1.86 bits per heavy atom. The number of nitrogens with zero attached hydrogens (tertiary/aromatic N) is 2. The van der Waals surface area contributed by atoms with Gasteiger partial charge in [-0.2, -0.15) is 0 Å². The Labute approximate surface area is 126 Å². The van der Waals surface area contributed by atoms with E-state index < -0.39 is 6.04 Å². The summed E-state index contributed by atoms with van der Waals surface area (Å²) >= 11 is 0. The molecule has 0 spiro atoms. The molecule has 1 aromatic rings. The van der Waals surface area contributed by atoms with Crippen molar-refractivity contribution < 1.29 is 4.79 Å². The van der Waals surface area contributed by atoms with Crippen molar-refractivity contribution in [3.63, 3.8) is 0 Å². The van der Waals surface area contributed by atoms with Gasteiger partial charge in [0, 0.05) is 48.7 Å². The number of anilines is 2. The third kappa shape index (κ3) is 2.63. The number of hydrogen-bond donors (Lipinski definition) is 2. The summed E-state index contributed by atoms with van der Waals surface area (Å²) in [4.78, 5) is 16.5. The van der Waals surface area contributed by atoms with E-state index in [2.05, 4.69) is 42.0 Å². The summed E-state index contributed by atoms with van der Waals surface area (Å²) in [5, 5.41) is 2.86. The van der Waals surface area contributed by atoms with Crippen LogP contribution in [0, 0.1) is 0 Å². The van der Waals surface area contributed by atoms with E-state index in [4.69, 9.17) is 5.73 Å². The summed E-state index contributed by atoms with van der Waals surface area (Å²) in [7, 11) is 0. The summed E-state index contributed by atoms with van der Waals surface area (Å²) in [6.45, 7) is 10.9. The quantitative estimate of drug-likeness (QED) is 0.823. The first kappa shape index (κ1) is 14.4. The Kier molecular flexibility index (Phi) is 3.42. The van der Waals surface area contributed by atoms with Gasteiger partial charge in [-0.1, -0.05) is 6.07 Å². The van der Waals surface area contributed by atoms with Crippen molar-refractivity contribution in [3.05, 3.63) is 23.8 Å². The lowest BCUT2D eigenvalue weighted by atomic mass is 10.0. The SMILES string of the molecule is CC(C)(C)N1CCN(c2ccc3c(c2)NC(=O)C3N)CC1. The molecule has 3 N–H and O–H groups in total. The monoisotopic (exact) mass is 288 g/mol. The van der Waals surface area contributed by atoms with Crippen LogP contribution >= 0.6 is 0 Å². The van der Waals surface area contributed by atoms with E-state index in [1.54, 1.807) is 0 Å². The van der Waals surface area contributed by atoms with Gasteiger partial charge in [-0.15, -0.1) is 0 Å². The van der Waals surface area contributed by atoms with Crippen molar-refractivity contribution in [3.8, 4) is 0 Å². The molecule has 0 saturated carbocycles. The minimum Gasteiger partial charge on any atom is -0.369 e. The number of rotatable bonds is 1. The second kappa shape index (κ2) is 5.00. The number of piperazine rings is 1. The average Bonchev–Trinajstić information content (AvgIpc) is 2.73. The maximum atomic E-state index is 11.6. The van der Waals surface area contributed by atoms with Crippen molar-refractivity contribution in [1.29, 1.82) is 0 Å². The molecule has 0 aliphatic carbocycles. The molecule has 1 unspecified atom stereocenters. The van der Waals surface area contributed by atoms with Crippen LogP contribution in [0.3, 0.4) is 0 Å². The van der Waals surface area contributed by atoms with Gasteiger partial charge in [0.25, 0.3) is 0 Å². The minimum atomic E-state index is -0.521. The molecule has 1 amide bonds. The lowest BCUT2D eigenvalue weighted by Gasteiger charge is -2.43. The zero-order valence-corrected chi connectivity index (χ0v) is 13.0. The maximum Gasteiger partial charge on any atom is 0.245 e. The van der Waals surface area contributed by atoms with Gasteiger partial charge in [0.2, 0.25) is 5.91 Å². The number of benzene rings is 1. The van der Waals surface area contributed by atoms with Crippen LogP contribution in [-0.4, -0.2) is 42.5 Å². The van der Waals surface area contributed by atoms with E-state index >= 15 is 0 Å². The third-order valence-corrected chi connectivity index (χ3v) is 4.51. The van der Waals surface area contributed by atoms with E-state index in [0.717, 1.165) is 43.1 Å². The number of carbonyl (C=O) groups is 1. The molecule has 21 heavy (non-hydrogen) atoms. The second-order valence-electron chi connectivity index (χ2n) is 6.88. The molecule has 5 heteroatoms. The van der Waals surface area contributed by atoms with E-state index in [1.165, 1.54) is 0 Å². The number of fused-ring (bicyclic) bond motifs is 1. The maximum absolute atomic E-state index is 11.6. The normalized spacial score (nSPS) is 23.1. The van der Waals surface area contributed by atoms with Crippen LogP contribution in [0.1, 0.15) is 32.4 Å². The number of nitrogens with two attached hydrogens (primary N) is 1. The Morgan fingerprint density at radius 1 is 1.19 bits per heavy atom. The van der Waals surface area contributed by atoms with Crippen molar-refractivity contribution in [2.75, 3.05) is 36.4 Å². The number of hydrogen-bond acceptors (Lipinski definition) is 4. The topological polar surface area (TPSA) is 61.6 Å². The highest BCUT2D eigenvalue weighted by molar-refractivity contribution is 6.02. The molecule has 1 saturated heterocycles. The summed E-state index contributed by atoms with van der Waals surface area (Å²) in [5.41, 5.74) is 9.01. The fourth-order valence-electron chi connectivity index (χ4n) is 3.11. The van der Waals surface area contributed by atoms with Gasteiger partial charge in [-0.25, -0.2) is 0 Å². The Bertz CT molecular complexity index is 556. The Hall–Kier alpha value is -1.59. The molecule has 5 nitrogen and oxygen atoms in total. The zero-order chi connectivity index (χ0) is 15.2. The lowest BCUT2D eigenvalue weighted by Crippen LogP contribution is -2.53. The summed E-state index contributed by atoms with van der Waals surface area (Å²) in [6, 6.07) is 5.58. The van der Waals surface area contributed by atoms with Crippen LogP contribution in [-0.2, 0) is 4.79 Å². The predicted molar refractivity (Wildman–Crippen MR) is 85.5 cm³/mol. The van der Waals surface area contributed by atoms with Crippen molar-refractivity contribution in [2.45, 2.75) is 32.4 Å². The van der Waals surface area contributed by atoms with Gasteiger partial charge in [-0.3, -0.25) is 9.69 Å². The molecule has 2 aliphatic rings. The van der Waals surface area contributed by atoms with Gasteiger partial charge in [0.15, 0.2) is 0 Å². The van der Waals surface area contributed by atoms with Crippen molar-refractivity contribution >= 4 is 17.3 Å². The molecule has 1 aromatic carbocycles. The first-order valence-corrected chi connectivity index (χ1v) is 7.56. The molecule has 0 bridgehead atoms.